The van der Waals surface area contributed by atoms with E-state index in [9.17, 15) is 4.79 Å². The summed E-state index contributed by atoms with van der Waals surface area (Å²) < 4.78 is 11.7. The summed E-state index contributed by atoms with van der Waals surface area (Å²) >= 11 is 0. The van der Waals surface area contributed by atoms with Crippen molar-refractivity contribution in [3.8, 4) is 11.5 Å². The van der Waals surface area contributed by atoms with Crippen molar-refractivity contribution in [3.63, 3.8) is 0 Å². The van der Waals surface area contributed by atoms with Crippen LogP contribution in [0.1, 0.15) is 54.6 Å². The number of methoxy groups -OCH3 is 1. The minimum absolute atomic E-state index is 0.0244. The zero-order valence-corrected chi connectivity index (χ0v) is 16.5. The highest BCUT2D eigenvalue weighted by atomic mass is 16.5. The summed E-state index contributed by atoms with van der Waals surface area (Å²) in [5.74, 6) is 2.29. The maximum absolute atomic E-state index is 12.4. The fourth-order valence-corrected chi connectivity index (χ4v) is 4.34. The molecule has 1 saturated carbocycles. The molecule has 1 aliphatic heterocycles. The molecule has 28 heavy (non-hydrogen) atoms. The Bertz CT molecular complexity index is 776. The van der Waals surface area contributed by atoms with Crippen molar-refractivity contribution in [2.45, 2.75) is 51.0 Å². The molecule has 150 valence electrons. The lowest BCUT2D eigenvalue weighted by molar-refractivity contribution is 0.0685. The fraction of sp³-hybridized carbons (Fsp3) is 0.545. The molecule has 1 saturated heterocycles. The average molecular weight is 383 g/mol. The molecule has 1 aromatic carbocycles. The van der Waals surface area contributed by atoms with Gasteiger partial charge in [0.25, 0.3) is 5.91 Å². The molecule has 0 unspecified atom stereocenters. The van der Waals surface area contributed by atoms with E-state index in [0.29, 0.717) is 17.7 Å². The first-order valence-electron chi connectivity index (χ1n) is 10.3. The van der Waals surface area contributed by atoms with E-state index in [1.165, 1.54) is 18.4 Å². The first kappa shape index (κ1) is 18.8. The number of aromatic nitrogens is 2. The largest absolute Gasteiger partial charge is 0.493 e. The second-order valence-electron chi connectivity index (χ2n) is 7.90. The number of aromatic amines is 1. The highest BCUT2D eigenvalue weighted by molar-refractivity contribution is 5.92. The number of piperidine rings is 1. The Morgan fingerprint density at radius 1 is 1.18 bits per heavy atom. The normalized spacial score (nSPS) is 18.4. The number of hydrogen-bond acceptors (Lipinski definition) is 4. The lowest BCUT2D eigenvalue weighted by Gasteiger charge is -2.31. The Morgan fingerprint density at radius 2 is 1.96 bits per heavy atom. The number of nitrogens with zero attached hydrogens (tertiary/aromatic N) is 2. The summed E-state index contributed by atoms with van der Waals surface area (Å²) in [6.45, 7) is 1.58. The summed E-state index contributed by atoms with van der Waals surface area (Å²) in [4.78, 5) is 21.3. The van der Waals surface area contributed by atoms with Gasteiger partial charge in [-0.2, -0.15) is 0 Å². The van der Waals surface area contributed by atoms with E-state index >= 15 is 0 Å². The van der Waals surface area contributed by atoms with Crippen LogP contribution in [-0.4, -0.2) is 47.1 Å². The van der Waals surface area contributed by atoms with Crippen LogP contribution in [0.25, 0.3) is 0 Å². The van der Waals surface area contributed by atoms with E-state index in [0.717, 1.165) is 56.7 Å². The molecule has 2 heterocycles. The van der Waals surface area contributed by atoms with Gasteiger partial charge in [-0.25, -0.2) is 4.98 Å². The van der Waals surface area contributed by atoms with Crippen molar-refractivity contribution in [2.75, 3.05) is 20.2 Å². The molecule has 6 nitrogen and oxygen atoms in total. The molecule has 0 spiro atoms. The van der Waals surface area contributed by atoms with Crippen LogP contribution in [0.15, 0.2) is 30.7 Å². The lowest BCUT2D eigenvalue weighted by atomic mass is 9.90. The number of likely N-dealkylation sites (tertiary alicyclic amines) is 1. The molecule has 0 radical (unpaired) electrons. The van der Waals surface area contributed by atoms with Crippen LogP contribution >= 0.6 is 0 Å². The third kappa shape index (κ3) is 4.32. The Hall–Kier alpha value is -2.50. The van der Waals surface area contributed by atoms with Gasteiger partial charge in [-0.05, 0) is 68.6 Å². The number of carbonyl (C=O) groups is 1. The monoisotopic (exact) mass is 383 g/mol. The number of H-pyrrole nitrogens is 1. The molecular formula is C22H29N3O3. The van der Waals surface area contributed by atoms with E-state index in [-0.39, 0.29) is 5.91 Å². The number of ether oxygens (including phenoxy) is 2. The third-order valence-electron chi connectivity index (χ3n) is 5.97. The Balaban J connectivity index is 1.35. The van der Waals surface area contributed by atoms with Crippen LogP contribution in [0.3, 0.4) is 0 Å². The molecule has 2 aliphatic rings. The minimum Gasteiger partial charge on any atom is -0.493 e. The Kier molecular flexibility index (Phi) is 5.84. The second-order valence-corrected chi connectivity index (χ2v) is 7.90. The maximum Gasteiger partial charge on any atom is 0.274 e. The molecular weight excluding hydrogens is 354 g/mol. The minimum atomic E-state index is 0.0244. The molecule has 1 N–H and O–H groups in total. The topological polar surface area (TPSA) is 67.5 Å². The van der Waals surface area contributed by atoms with Crippen molar-refractivity contribution in [3.05, 3.63) is 42.0 Å². The second kappa shape index (κ2) is 8.67. The highest BCUT2D eigenvalue weighted by Gasteiger charge is 2.25. The van der Waals surface area contributed by atoms with E-state index in [1.54, 1.807) is 19.6 Å². The van der Waals surface area contributed by atoms with Crippen molar-refractivity contribution < 1.29 is 14.3 Å². The van der Waals surface area contributed by atoms with Gasteiger partial charge in [-0.1, -0.05) is 6.07 Å². The average Bonchev–Trinajstić information content (AvgIpc) is 3.43. The zero-order valence-electron chi connectivity index (χ0n) is 16.5. The lowest BCUT2D eigenvalue weighted by Crippen LogP contribution is -2.39. The van der Waals surface area contributed by atoms with Crippen LogP contribution in [0.4, 0.5) is 0 Å². The van der Waals surface area contributed by atoms with Gasteiger partial charge < -0.3 is 19.4 Å². The van der Waals surface area contributed by atoms with E-state index in [1.807, 2.05) is 11.0 Å². The molecule has 1 aliphatic carbocycles. The van der Waals surface area contributed by atoms with E-state index in [2.05, 4.69) is 22.1 Å². The Morgan fingerprint density at radius 3 is 2.64 bits per heavy atom. The van der Waals surface area contributed by atoms with Crippen LogP contribution < -0.4 is 9.47 Å². The summed E-state index contributed by atoms with van der Waals surface area (Å²) in [5, 5.41) is 0. The predicted octanol–water partition coefficient (Wildman–Crippen LogP) is 3.83. The van der Waals surface area contributed by atoms with Crippen molar-refractivity contribution in [1.82, 2.24) is 14.9 Å². The predicted molar refractivity (Wildman–Crippen MR) is 107 cm³/mol. The van der Waals surface area contributed by atoms with Crippen LogP contribution in [-0.2, 0) is 6.42 Å². The zero-order chi connectivity index (χ0) is 19.3. The molecule has 4 rings (SSSR count). The molecule has 1 amide bonds. The van der Waals surface area contributed by atoms with Crippen LogP contribution in [0.5, 0.6) is 11.5 Å². The van der Waals surface area contributed by atoms with Gasteiger partial charge in [-0.3, -0.25) is 4.79 Å². The number of imidazole rings is 1. The van der Waals surface area contributed by atoms with Gasteiger partial charge in [0.05, 0.1) is 19.5 Å². The summed E-state index contributed by atoms with van der Waals surface area (Å²) in [7, 11) is 1.70. The number of amides is 1. The smallest absolute Gasteiger partial charge is 0.274 e. The SMILES string of the molecule is COc1ccc(CC2CCN(C(=O)c3c[nH]cn3)CC2)cc1OC1CCCC1. The van der Waals surface area contributed by atoms with Gasteiger partial charge in [0.1, 0.15) is 5.69 Å². The molecule has 0 bridgehead atoms. The number of benzene rings is 1. The van der Waals surface area contributed by atoms with Crippen molar-refractivity contribution in [1.29, 1.82) is 0 Å². The first-order valence-corrected chi connectivity index (χ1v) is 10.3. The summed E-state index contributed by atoms with van der Waals surface area (Å²) in [6.07, 6.45) is 11.3. The molecule has 1 aromatic heterocycles. The Labute approximate surface area is 166 Å². The number of carbonyl (C=O) groups excluding carboxylic acids is 1. The van der Waals surface area contributed by atoms with Crippen LogP contribution in [0.2, 0.25) is 0 Å². The van der Waals surface area contributed by atoms with Gasteiger partial charge in [0.15, 0.2) is 11.5 Å². The molecule has 2 aromatic rings. The van der Waals surface area contributed by atoms with Gasteiger partial charge in [0.2, 0.25) is 0 Å². The quantitative estimate of drug-likeness (QED) is 0.823. The summed E-state index contributed by atoms with van der Waals surface area (Å²) in [5.41, 5.74) is 1.79. The van der Waals surface area contributed by atoms with Crippen molar-refractivity contribution in [2.24, 2.45) is 5.92 Å². The van der Waals surface area contributed by atoms with Gasteiger partial charge in [-0.15, -0.1) is 0 Å². The molecule has 2 fully saturated rings. The number of nitrogens with one attached hydrogen (secondary N) is 1. The first-order chi connectivity index (χ1) is 13.7. The third-order valence-corrected chi connectivity index (χ3v) is 5.97. The van der Waals surface area contributed by atoms with E-state index in [4.69, 9.17) is 9.47 Å². The fourth-order valence-electron chi connectivity index (χ4n) is 4.34. The van der Waals surface area contributed by atoms with Gasteiger partial charge in [0, 0.05) is 19.3 Å². The molecule has 6 heteroatoms. The van der Waals surface area contributed by atoms with E-state index < -0.39 is 0 Å². The highest BCUT2D eigenvalue weighted by Crippen LogP contribution is 2.34. The molecule has 0 atom stereocenters. The number of rotatable bonds is 6. The van der Waals surface area contributed by atoms with Crippen molar-refractivity contribution >= 4 is 5.91 Å². The summed E-state index contributed by atoms with van der Waals surface area (Å²) in [6, 6.07) is 6.32. The standard InChI is InChI=1S/C22H29N3O3/c1-27-20-7-6-17(13-21(20)28-18-4-2-3-5-18)12-16-8-10-25(11-9-16)22(26)19-14-23-15-24-19/h6-7,13-16,18H,2-5,8-12H2,1H3,(H,23,24). The number of hydrogen-bond donors (Lipinski definition) is 1. The van der Waals surface area contributed by atoms with Gasteiger partial charge >= 0.3 is 0 Å². The van der Waals surface area contributed by atoms with Crippen LogP contribution in [0, 0.1) is 5.92 Å². The maximum atomic E-state index is 12.4.